The van der Waals surface area contributed by atoms with Gasteiger partial charge in [-0.1, -0.05) is 12.1 Å². The molecule has 0 aliphatic rings. The number of nitrogens with one attached hydrogen (secondary N) is 1. The number of benzene rings is 3. The van der Waals surface area contributed by atoms with Crippen LogP contribution in [0.3, 0.4) is 0 Å². The Balaban J connectivity index is 1.64. The van der Waals surface area contributed by atoms with Gasteiger partial charge in [-0.15, -0.1) is 0 Å². The molecule has 3 aromatic carbocycles. The van der Waals surface area contributed by atoms with Crippen molar-refractivity contribution in [3.63, 3.8) is 0 Å². The van der Waals surface area contributed by atoms with Crippen LogP contribution in [-0.2, 0) is 0 Å². The molecule has 0 aliphatic carbocycles. The Bertz CT molecular complexity index is 1220. The fraction of sp³-hybridized carbons (Fsp3) is 0.0833. The van der Waals surface area contributed by atoms with E-state index < -0.39 is 0 Å². The fourth-order valence-electron chi connectivity index (χ4n) is 3.11. The van der Waals surface area contributed by atoms with Crippen LogP contribution in [0.25, 0.3) is 22.8 Å². The molecule has 0 unspecified atom stereocenters. The van der Waals surface area contributed by atoms with Crippen LogP contribution >= 0.6 is 0 Å². The molecule has 156 valence electrons. The van der Waals surface area contributed by atoms with Gasteiger partial charge >= 0.3 is 0 Å². The average molecular weight is 418 g/mol. The van der Waals surface area contributed by atoms with Gasteiger partial charge in [0.05, 0.1) is 31.7 Å². The summed E-state index contributed by atoms with van der Waals surface area (Å²) < 4.78 is 29.6. The lowest BCUT2D eigenvalue weighted by Crippen LogP contribution is -2.14. The smallest absolute Gasteiger partial charge is 0.256 e. The van der Waals surface area contributed by atoms with Gasteiger partial charge in [0, 0.05) is 17.2 Å². The molecule has 0 saturated carbocycles. The lowest BCUT2D eigenvalue weighted by atomic mass is 10.1. The summed E-state index contributed by atoms with van der Waals surface area (Å²) in [4.78, 5) is 17.3. The predicted molar refractivity (Wildman–Crippen MR) is 115 cm³/mol. The minimum atomic E-state index is -0.347. The summed E-state index contributed by atoms with van der Waals surface area (Å²) in [6, 6.07) is 18.0. The number of carbonyl (C=O) groups excluding carboxylic acids is 1. The third kappa shape index (κ3) is 4.25. The maximum absolute atomic E-state index is 13.2. The monoisotopic (exact) mass is 418 g/mol. The van der Waals surface area contributed by atoms with Crippen LogP contribution in [0, 0.1) is 5.82 Å². The van der Waals surface area contributed by atoms with Gasteiger partial charge in [0.1, 0.15) is 17.3 Å². The molecule has 1 N–H and O–H groups in total. The molecule has 6 nitrogen and oxygen atoms in total. The number of halogens is 1. The van der Waals surface area contributed by atoms with Gasteiger partial charge in [-0.2, -0.15) is 0 Å². The molecule has 1 amide bonds. The van der Waals surface area contributed by atoms with E-state index in [4.69, 9.17) is 13.9 Å². The van der Waals surface area contributed by atoms with E-state index in [2.05, 4.69) is 10.3 Å². The highest BCUT2D eigenvalue weighted by atomic mass is 19.1. The quantitative estimate of drug-likeness (QED) is 0.453. The van der Waals surface area contributed by atoms with Crippen molar-refractivity contribution in [2.75, 3.05) is 19.5 Å². The normalized spacial score (nSPS) is 10.5. The molecule has 0 aliphatic heterocycles. The molecule has 0 atom stereocenters. The van der Waals surface area contributed by atoms with Gasteiger partial charge in [0.2, 0.25) is 5.89 Å². The fourth-order valence-corrected chi connectivity index (χ4v) is 3.11. The number of oxazole rings is 1. The molecule has 0 bridgehead atoms. The summed E-state index contributed by atoms with van der Waals surface area (Å²) in [7, 11) is 3.07. The van der Waals surface area contributed by atoms with Gasteiger partial charge in [0.25, 0.3) is 5.91 Å². The minimum absolute atomic E-state index is 0.284. The maximum atomic E-state index is 13.2. The van der Waals surface area contributed by atoms with Crippen LogP contribution in [0.15, 0.2) is 77.3 Å². The summed E-state index contributed by atoms with van der Waals surface area (Å²) in [6.07, 6.45) is 1.55. The van der Waals surface area contributed by atoms with E-state index in [1.807, 2.05) is 0 Å². The lowest BCUT2D eigenvalue weighted by molar-refractivity contribution is 0.102. The molecule has 4 aromatic rings. The Labute approximate surface area is 178 Å². The predicted octanol–water partition coefficient (Wildman–Crippen LogP) is 5.42. The van der Waals surface area contributed by atoms with Crippen LogP contribution in [0.1, 0.15) is 10.4 Å². The van der Waals surface area contributed by atoms with Gasteiger partial charge in [-0.05, 0) is 48.5 Å². The highest BCUT2D eigenvalue weighted by molar-refractivity contribution is 6.08. The van der Waals surface area contributed by atoms with Crippen LogP contribution in [0.2, 0.25) is 0 Å². The van der Waals surface area contributed by atoms with Gasteiger partial charge in [-0.3, -0.25) is 4.79 Å². The topological polar surface area (TPSA) is 73.6 Å². The minimum Gasteiger partial charge on any atom is -0.497 e. The number of hydrogen-bond acceptors (Lipinski definition) is 5. The van der Waals surface area contributed by atoms with Crippen LogP contribution in [0.4, 0.5) is 10.1 Å². The number of rotatable bonds is 6. The first-order valence-corrected chi connectivity index (χ1v) is 9.43. The van der Waals surface area contributed by atoms with E-state index in [-0.39, 0.29) is 17.6 Å². The first kappa shape index (κ1) is 20.2. The van der Waals surface area contributed by atoms with Crippen molar-refractivity contribution in [2.45, 2.75) is 0 Å². The molecule has 1 heterocycles. The van der Waals surface area contributed by atoms with E-state index >= 15 is 0 Å². The number of methoxy groups -OCH3 is 2. The largest absolute Gasteiger partial charge is 0.497 e. The third-order valence-corrected chi connectivity index (χ3v) is 4.69. The third-order valence-electron chi connectivity index (χ3n) is 4.69. The molecule has 0 spiro atoms. The Morgan fingerprint density at radius 3 is 2.52 bits per heavy atom. The van der Waals surface area contributed by atoms with Crippen molar-refractivity contribution in [3.8, 4) is 34.3 Å². The molecular weight excluding hydrogens is 399 g/mol. The summed E-state index contributed by atoms with van der Waals surface area (Å²) in [6.45, 7) is 0. The van der Waals surface area contributed by atoms with Crippen LogP contribution in [0.5, 0.6) is 11.5 Å². The van der Waals surface area contributed by atoms with E-state index in [1.165, 1.54) is 19.2 Å². The lowest BCUT2D eigenvalue weighted by Gasteiger charge is -2.12. The van der Waals surface area contributed by atoms with Crippen molar-refractivity contribution >= 4 is 11.6 Å². The summed E-state index contributed by atoms with van der Waals surface area (Å²) in [5.74, 6) is 1.16. The molecule has 0 fully saturated rings. The van der Waals surface area contributed by atoms with Crippen molar-refractivity contribution < 1.29 is 23.1 Å². The number of ether oxygens (including phenoxy) is 2. The zero-order chi connectivity index (χ0) is 21.8. The number of aromatic nitrogens is 1. The van der Waals surface area contributed by atoms with Gasteiger partial charge in [0.15, 0.2) is 5.76 Å². The SMILES string of the molecule is COc1ccc(NC(=O)c2ccccc2-c2ncc(-c3ccc(F)cc3)o2)c(OC)c1. The summed E-state index contributed by atoms with van der Waals surface area (Å²) in [5.41, 5.74) is 2.10. The van der Waals surface area contributed by atoms with Crippen LogP contribution < -0.4 is 14.8 Å². The highest BCUT2D eigenvalue weighted by Gasteiger charge is 2.18. The first-order valence-electron chi connectivity index (χ1n) is 9.43. The standard InChI is InChI=1S/C24H19FN2O4/c1-29-17-11-12-20(21(13-17)30-2)27-23(28)18-5-3-4-6-19(18)24-26-14-22(31-24)15-7-9-16(25)10-8-15/h3-14H,1-2H3,(H,27,28). The Morgan fingerprint density at radius 2 is 1.77 bits per heavy atom. The molecule has 31 heavy (non-hydrogen) atoms. The second-order valence-electron chi connectivity index (χ2n) is 6.60. The van der Waals surface area contributed by atoms with E-state index in [1.54, 1.807) is 67.9 Å². The molecule has 7 heteroatoms. The van der Waals surface area contributed by atoms with E-state index in [9.17, 15) is 9.18 Å². The zero-order valence-electron chi connectivity index (χ0n) is 16.9. The Kier molecular flexibility index (Phi) is 5.66. The molecule has 4 rings (SSSR count). The maximum Gasteiger partial charge on any atom is 0.256 e. The first-order chi connectivity index (χ1) is 15.1. The zero-order valence-corrected chi connectivity index (χ0v) is 16.9. The second kappa shape index (κ2) is 8.71. The molecular formula is C24H19FN2O4. The van der Waals surface area contributed by atoms with E-state index in [0.717, 1.165) is 0 Å². The molecule has 0 saturated heterocycles. The Hall–Kier alpha value is -4.13. The number of anilines is 1. The van der Waals surface area contributed by atoms with Crippen molar-refractivity contribution in [1.29, 1.82) is 0 Å². The summed E-state index contributed by atoms with van der Waals surface area (Å²) >= 11 is 0. The second-order valence-corrected chi connectivity index (χ2v) is 6.60. The van der Waals surface area contributed by atoms with E-state index in [0.29, 0.717) is 39.6 Å². The van der Waals surface area contributed by atoms with Crippen molar-refractivity contribution in [2.24, 2.45) is 0 Å². The number of nitrogens with zero attached hydrogens (tertiary/aromatic N) is 1. The Morgan fingerprint density at radius 1 is 1.00 bits per heavy atom. The average Bonchev–Trinajstić information content (AvgIpc) is 3.30. The molecule has 1 aromatic heterocycles. The summed E-state index contributed by atoms with van der Waals surface area (Å²) in [5, 5.41) is 2.85. The number of hydrogen-bond donors (Lipinski definition) is 1. The van der Waals surface area contributed by atoms with Crippen LogP contribution in [-0.4, -0.2) is 25.1 Å². The van der Waals surface area contributed by atoms with Crippen molar-refractivity contribution in [3.05, 3.63) is 84.3 Å². The van der Waals surface area contributed by atoms with Crippen molar-refractivity contribution in [1.82, 2.24) is 4.98 Å². The highest BCUT2D eigenvalue weighted by Crippen LogP contribution is 2.32. The van der Waals surface area contributed by atoms with Gasteiger partial charge in [-0.25, -0.2) is 9.37 Å². The number of amides is 1. The molecule has 0 radical (unpaired) electrons. The van der Waals surface area contributed by atoms with Gasteiger partial charge < -0.3 is 19.2 Å². The number of carbonyl (C=O) groups is 1.